The molecule has 0 radical (unpaired) electrons. The standard InChI is InChI=1S/C44H88O5Si.CH2OS/c1-5-9-12-15-17-19-21-23-25-27-29-31-33-35-37-40-43(45)48-50(47-8-4,42-39-14-11-7-3)49-44(46)41-38-36-34-32-30-28-26-24-22-20-18-16-13-10-6-2;2-1-3/h5-42H2,1-4H3;1H,(H,2,3). The number of hydrogen-bond donors (Lipinski definition) is 1. The number of unbranched alkanes of at least 4 members (excludes halogenated alkanes) is 31. The normalized spacial score (nSPS) is 11.3. The van der Waals surface area contributed by atoms with Crippen LogP contribution in [0, 0.1) is 0 Å². The Morgan fingerprint density at radius 1 is 0.415 bits per heavy atom. The van der Waals surface area contributed by atoms with E-state index >= 15 is 0 Å². The average molecular weight is 787 g/mol. The van der Waals surface area contributed by atoms with Crippen molar-refractivity contribution in [2.45, 2.75) is 265 Å². The van der Waals surface area contributed by atoms with Gasteiger partial charge in [-0.05, 0) is 26.2 Å². The van der Waals surface area contributed by atoms with Gasteiger partial charge in [0.05, 0.1) is 0 Å². The molecule has 0 fully saturated rings. The Morgan fingerprint density at radius 2 is 0.642 bits per heavy atom. The first-order chi connectivity index (χ1) is 25.9. The minimum absolute atomic E-state index is 0.255. The summed E-state index contributed by atoms with van der Waals surface area (Å²) in [6, 6.07) is 0.538. The molecular weight excluding hydrogens is 697 g/mol. The van der Waals surface area contributed by atoms with Gasteiger partial charge in [-0.1, -0.05) is 220 Å². The lowest BCUT2D eigenvalue weighted by Crippen LogP contribution is -2.49. The first-order valence-electron chi connectivity index (χ1n) is 23.1. The zero-order chi connectivity index (χ0) is 39.4. The van der Waals surface area contributed by atoms with Gasteiger partial charge in [-0.3, -0.25) is 14.4 Å². The fraction of sp³-hybridized carbons (Fsp3) is 0.933. The van der Waals surface area contributed by atoms with Crippen LogP contribution in [0.25, 0.3) is 0 Å². The third-order valence-corrected chi connectivity index (χ3v) is 13.0. The van der Waals surface area contributed by atoms with Gasteiger partial charge in [0.15, 0.2) is 5.62 Å². The van der Waals surface area contributed by atoms with E-state index < -0.39 is 8.80 Å². The minimum atomic E-state index is -3.39. The largest absolute Gasteiger partial charge is 0.636 e. The highest BCUT2D eigenvalue weighted by Gasteiger charge is 2.48. The molecule has 0 rings (SSSR count). The van der Waals surface area contributed by atoms with Crippen molar-refractivity contribution in [1.82, 2.24) is 0 Å². The van der Waals surface area contributed by atoms with Crippen molar-refractivity contribution in [3.05, 3.63) is 0 Å². The molecule has 0 aromatic heterocycles. The van der Waals surface area contributed by atoms with Gasteiger partial charge >= 0.3 is 8.80 Å². The van der Waals surface area contributed by atoms with Gasteiger partial charge in [0.1, 0.15) is 0 Å². The van der Waals surface area contributed by atoms with Gasteiger partial charge in [-0.15, -0.1) is 12.6 Å². The fourth-order valence-electron chi connectivity index (χ4n) is 6.97. The first kappa shape index (κ1) is 54.2. The van der Waals surface area contributed by atoms with Crippen LogP contribution in [0.4, 0.5) is 0 Å². The maximum absolute atomic E-state index is 13.0. The predicted molar refractivity (Wildman–Crippen MR) is 233 cm³/mol. The molecule has 0 aromatic rings. The van der Waals surface area contributed by atoms with E-state index in [1.165, 1.54) is 167 Å². The molecule has 0 unspecified atom stereocenters. The Balaban J connectivity index is 0. The summed E-state index contributed by atoms with van der Waals surface area (Å²) >= 11 is 3.11. The SMILES string of the molecule is CCCCCCCCCCCCCCCCCC(=O)O[Si](CCCCCC)(OCC)OC(=O)CCCCCCCCCCCCCCCCC.O=CS. The second kappa shape index (κ2) is 45.5. The van der Waals surface area contributed by atoms with Crippen molar-refractivity contribution in [2.75, 3.05) is 6.61 Å². The topological polar surface area (TPSA) is 78.9 Å². The van der Waals surface area contributed by atoms with E-state index in [2.05, 4.69) is 33.4 Å². The number of thiol groups is 1. The molecule has 0 aliphatic carbocycles. The lowest BCUT2D eigenvalue weighted by molar-refractivity contribution is -0.146. The Bertz CT molecular complexity index is 719. The van der Waals surface area contributed by atoms with Gasteiger partial charge in [0.25, 0.3) is 11.9 Å². The Labute approximate surface area is 337 Å². The molecule has 0 saturated heterocycles. The van der Waals surface area contributed by atoms with Crippen molar-refractivity contribution in [3.8, 4) is 0 Å². The molecule has 0 spiro atoms. The number of carbonyl (C=O) groups excluding carboxylic acids is 3. The minimum Gasteiger partial charge on any atom is -0.464 e. The third kappa shape index (κ3) is 42.1. The van der Waals surface area contributed by atoms with E-state index in [9.17, 15) is 9.59 Å². The average Bonchev–Trinajstić information content (AvgIpc) is 3.14. The van der Waals surface area contributed by atoms with Crippen molar-refractivity contribution in [3.63, 3.8) is 0 Å². The van der Waals surface area contributed by atoms with Gasteiger partial charge in [0.2, 0.25) is 0 Å². The smallest absolute Gasteiger partial charge is 0.464 e. The molecule has 0 aliphatic rings. The Hall–Kier alpha value is -0.863. The predicted octanol–water partition coefficient (Wildman–Crippen LogP) is 15.3. The van der Waals surface area contributed by atoms with Crippen molar-refractivity contribution < 1.29 is 27.7 Å². The first-order valence-corrected chi connectivity index (χ1v) is 25.5. The summed E-state index contributed by atoms with van der Waals surface area (Å²) < 4.78 is 18.1. The van der Waals surface area contributed by atoms with Crippen LogP contribution in [0.1, 0.15) is 259 Å². The molecule has 0 aromatic carbocycles. The highest BCUT2D eigenvalue weighted by atomic mass is 32.1. The summed E-state index contributed by atoms with van der Waals surface area (Å²) in [5.74, 6) is -0.509. The summed E-state index contributed by atoms with van der Waals surface area (Å²) in [4.78, 5) is 34.6. The summed E-state index contributed by atoms with van der Waals surface area (Å²) in [5.41, 5.74) is 0.444. The van der Waals surface area contributed by atoms with Crippen LogP contribution in [0.2, 0.25) is 6.04 Å². The van der Waals surface area contributed by atoms with Gasteiger partial charge in [-0.25, -0.2) is 0 Å². The van der Waals surface area contributed by atoms with Gasteiger partial charge in [-0.2, -0.15) is 0 Å². The molecule has 0 aliphatic heterocycles. The number of rotatable bonds is 41. The van der Waals surface area contributed by atoms with Crippen LogP contribution in [-0.2, 0) is 27.7 Å². The molecule has 316 valence electrons. The summed E-state index contributed by atoms with van der Waals surface area (Å²) in [6.07, 6.45) is 43.8. The zero-order valence-corrected chi connectivity index (χ0v) is 37.7. The van der Waals surface area contributed by atoms with Crippen molar-refractivity contribution in [1.29, 1.82) is 0 Å². The van der Waals surface area contributed by atoms with E-state index in [0.29, 0.717) is 31.1 Å². The van der Waals surface area contributed by atoms with Crippen molar-refractivity contribution >= 4 is 39.0 Å². The number of hydrogen-bond acceptors (Lipinski definition) is 6. The quantitative estimate of drug-likeness (QED) is 0.0288. The van der Waals surface area contributed by atoms with Crippen LogP contribution in [-0.4, -0.2) is 33.0 Å². The van der Waals surface area contributed by atoms with E-state index in [0.717, 1.165) is 51.4 Å². The van der Waals surface area contributed by atoms with Gasteiger partial charge < -0.3 is 13.3 Å². The van der Waals surface area contributed by atoms with E-state index in [4.69, 9.17) is 18.1 Å². The Kier molecular flexibility index (Phi) is 46.6. The monoisotopic (exact) mass is 787 g/mol. The molecule has 0 heterocycles. The molecule has 0 amide bonds. The van der Waals surface area contributed by atoms with Crippen LogP contribution < -0.4 is 0 Å². The molecule has 0 atom stereocenters. The second-order valence-corrected chi connectivity index (χ2v) is 18.2. The summed E-state index contributed by atoms with van der Waals surface area (Å²) in [5, 5.41) is 0. The molecule has 0 N–H and O–H groups in total. The van der Waals surface area contributed by atoms with E-state index in [1.807, 2.05) is 6.92 Å². The molecule has 0 saturated carbocycles. The fourth-order valence-corrected chi connectivity index (χ4v) is 9.50. The van der Waals surface area contributed by atoms with E-state index in [-0.39, 0.29) is 11.9 Å². The third-order valence-electron chi connectivity index (χ3n) is 10.2. The highest BCUT2D eigenvalue weighted by Crippen LogP contribution is 2.24. The Morgan fingerprint density at radius 3 is 0.887 bits per heavy atom. The van der Waals surface area contributed by atoms with Crippen LogP contribution >= 0.6 is 12.6 Å². The molecule has 6 nitrogen and oxygen atoms in total. The molecule has 53 heavy (non-hydrogen) atoms. The van der Waals surface area contributed by atoms with Gasteiger partial charge in [0, 0.05) is 25.5 Å². The van der Waals surface area contributed by atoms with Crippen LogP contribution in [0.15, 0.2) is 0 Å². The summed E-state index contributed by atoms with van der Waals surface area (Å²) in [7, 11) is -3.39. The molecule has 0 bridgehead atoms. The molecular formula is C45H90O6SSi. The maximum Gasteiger partial charge on any atom is 0.636 e. The second-order valence-electron chi connectivity index (χ2n) is 15.4. The summed E-state index contributed by atoms with van der Waals surface area (Å²) in [6.45, 7) is 9.03. The van der Waals surface area contributed by atoms with Crippen LogP contribution in [0.5, 0.6) is 0 Å². The zero-order valence-electron chi connectivity index (χ0n) is 35.8. The molecule has 8 heteroatoms. The van der Waals surface area contributed by atoms with Crippen molar-refractivity contribution in [2.24, 2.45) is 0 Å². The van der Waals surface area contributed by atoms with E-state index in [1.54, 1.807) is 0 Å². The highest BCUT2D eigenvalue weighted by molar-refractivity contribution is 7.94. The maximum atomic E-state index is 13.0. The lowest BCUT2D eigenvalue weighted by atomic mass is 10.0. The van der Waals surface area contributed by atoms with Crippen LogP contribution in [0.3, 0.4) is 0 Å². The lowest BCUT2D eigenvalue weighted by Gasteiger charge is -2.28. The number of carbonyl (C=O) groups is 3.